The lowest BCUT2D eigenvalue weighted by Gasteiger charge is -2.10. The van der Waals surface area contributed by atoms with Gasteiger partial charge in [-0.2, -0.15) is 0 Å². The molecule has 0 bridgehead atoms. The maximum atomic E-state index is 6.11. The molecule has 2 rings (SSSR count). The van der Waals surface area contributed by atoms with Gasteiger partial charge in [0.15, 0.2) is 0 Å². The molecule has 1 unspecified atom stereocenters. The largest absolute Gasteiger partial charge is 0.323 e. The second-order valence-corrected chi connectivity index (χ2v) is 4.82. The van der Waals surface area contributed by atoms with Crippen LogP contribution in [0.2, 0.25) is 5.02 Å². The predicted octanol–water partition coefficient (Wildman–Crippen LogP) is 2.74. The van der Waals surface area contributed by atoms with E-state index in [2.05, 4.69) is 9.59 Å². The first-order valence-electron chi connectivity index (χ1n) is 4.96. The third-order valence-electron chi connectivity index (χ3n) is 2.42. The summed E-state index contributed by atoms with van der Waals surface area (Å²) >= 11 is 7.44. The van der Waals surface area contributed by atoms with Crippen molar-refractivity contribution >= 4 is 23.1 Å². The van der Waals surface area contributed by atoms with Crippen LogP contribution in [0.1, 0.15) is 22.2 Å². The Kier molecular flexibility index (Phi) is 3.53. The molecule has 5 heteroatoms. The topological polar surface area (TPSA) is 51.8 Å². The predicted molar refractivity (Wildman–Crippen MR) is 66.7 cm³/mol. The van der Waals surface area contributed by atoms with Gasteiger partial charge < -0.3 is 5.73 Å². The molecule has 1 aromatic carbocycles. The average Bonchev–Trinajstić information content (AvgIpc) is 2.68. The van der Waals surface area contributed by atoms with Crippen LogP contribution in [-0.2, 0) is 6.42 Å². The number of aromatic nitrogens is 2. The van der Waals surface area contributed by atoms with Gasteiger partial charge in [0.1, 0.15) is 0 Å². The Balaban J connectivity index is 2.17. The van der Waals surface area contributed by atoms with E-state index in [1.165, 1.54) is 11.5 Å². The van der Waals surface area contributed by atoms with Crippen molar-refractivity contribution in [2.45, 2.75) is 19.4 Å². The molecule has 0 amide bonds. The first-order chi connectivity index (χ1) is 7.68. The highest BCUT2D eigenvalue weighted by atomic mass is 35.5. The van der Waals surface area contributed by atoms with Gasteiger partial charge in [-0.3, -0.25) is 0 Å². The standard InChI is InChI=1S/C11H12ClN3S/c1-7-11(16-15-14-7)10(13)6-8-4-2-3-5-9(8)12/h2-5,10H,6,13H2,1H3. The molecule has 0 aliphatic heterocycles. The fraction of sp³-hybridized carbons (Fsp3) is 0.273. The molecule has 3 nitrogen and oxygen atoms in total. The summed E-state index contributed by atoms with van der Waals surface area (Å²) in [5.74, 6) is 0. The molecule has 0 aliphatic carbocycles. The van der Waals surface area contributed by atoms with Gasteiger partial charge in [0.25, 0.3) is 0 Å². The van der Waals surface area contributed by atoms with Crippen molar-refractivity contribution in [3.8, 4) is 0 Å². The van der Waals surface area contributed by atoms with Crippen LogP contribution in [0.5, 0.6) is 0 Å². The van der Waals surface area contributed by atoms with Gasteiger partial charge in [-0.25, -0.2) is 0 Å². The quantitative estimate of drug-likeness (QED) is 0.915. The van der Waals surface area contributed by atoms with Crippen LogP contribution in [0.4, 0.5) is 0 Å². The van der Waals surface area contributed by atoms with Crippen LogP contribution in [0.3, 0.4) is 0 Å². The average molecular weight is 254 g/mol. The van der Waals surface area contributed by atoms with Gasteiger partial charge >= 0.3 is 0 Å². The monoisotopic (exact) mass is 253 g/mol. The number of benzene rings is 1. The zero-order chi connectivity index (χ0) is 11.5. The summed E-state index contributed by atoms with van der Waals surface area (Å²) in [5.41, 5.74) is 8.08. The minimum Gasteiger partial charge on any atom is -0.323 e. The highest BCUT2D eigenvalue weighted by molar-refractivity contribution is 7.05. The number of aryl methyl sites for hydroxylation is 1. The Labute approximate surface area is 103 Å². The van der Waals surface area contributed by atoms with Crippen molar-refractivity contribution in [2.24, 2.45) is 5.73 Å². The highest BCUT2D eigenvalue weighted by Crippen LogP contribution is 2.24. The molecule has 1 aromatic heterocycles. The minimum absolute atomic E-state index is 0.0834. The first-order valence-corrected chi connectivity index (χ1v) is 6.11. The van der Waals surface area contributed by atoms with E-state index in [-0.39, 0.29) is 6.04 Å². The van der Waals surface area contributed by atoms with Crippen LogP contribution in [0.25, 0.3) is 0 Å². The second kappa shape index (κ2) is 4.91. The molecule has 0 fully saturated rings. The van der Waals surface area contributed by atoms with Gasteiger partial charge in [0.2, 0.25) is 0 Å². The van der Waals surface area contributed by atoms with E-state index in [4.69, 9.17) is 17.3 Å². The summed E-state index contributed by atoms with van der Waals surface area (Å²) in [7, 11) is 0. The third-order valence-corrected chi connectivity index (χ3v) is 3.75. The molecular formula is C11H12ClN3S. The maximum absolute atomic E-state index is 6.11. The van der Waals surface area contributed by atoms with Crippen LogP contribution >= 0.6 is 23.1 Å². The van der Waals surface area contributed by atoms with E-state index in [1.54, 1.807) is 0 Å². The van der Waals surface area contributed by atoms with Gasteiger partial charge in [0, 0.05) is 11.1 Å². The van der Waals surface area contributed by atoms with Crippen molar-refractivity contribution in [1.82, 2.24) is 9.59 Å². The Bertz CT molecular complexity index is 484. The highest BCUT2D eigenvalue weighted by Gasteiger charge is 2.14. The Morgan fingerprint density at radius 2 is 2.19 bits per heavy atom. The van der Waals surface area contributed by atoms with E-state index in [0.29, 0.717) is 6.42 Å². The lowest BCUT2D eigenvalue weighted by Crippen LogP contribution is -2.13. The minimum atomic E-state index is -0.0834. The Morgan fingerprint density at radius 1 is 1.44 bits per heavy atom. The molecule has 0 aliphatic rings. The van der Waals surface area contributed by atoms with Crippen molar-refractivity contribution in [1.29, 1.82) is 0 Å². The Hall–Kier alpha value is -0.970. The Morgan fingerprint density at radius 3 is 2.81 bits per heavy atom. The normalized spacial score (nSPS) is 12.7. The van der Waals surface area contributed by atoms with E-state index in [1.807, 2.05) is 31.2 Å². The molecule has 16 heavy (non-hydrogen) atoms. The number of hydrogen-bond donors (Lipinski definition) is 1. The SMILES string of the molecule is Cc1nnsc1C(N)Cc1ccccc1Cl. The summed E-state index contributed by atoms with van der Waals surface area (Å²) in [5, 5.41) is 4.71. The summed E-state index contributed by atoms with van der Waals surface area (Å²) in [4.78, 5) is 1.03. The smallest absolute Gasteiger partial charge is 0.0772 e. The lowest BCUT2D eigenvalue weighted by molar-refractivity contribution is 0.728. The zero-order valence-electron chi connectivity index (χ0n) is 8.85. The molecule has 2 aromatic rings. The van der Waals surface area contributed by atoms with E-state index < -0.39 is 0 Å². The summed E-state index contributed by atoms with van der Waals surface area (Å²) in [6.07, 6.45) is 0.713. The van der Waals surface area contributed by atoms with Gasteiger partial charge in [-0.05, 0) is 36.5 Å². The zero-order valence-corrected chi connectivity index (χ0v) is 10.4. The summed E-state index contributed by atoms with van der Waals surface area (Å²) < 4.78 is 3.89. The van der Waals surface area contributed by atoms with Crippen LogP contribution in [-0.4, -0.2) is 9.59 Å². The molecule has 1 heterocycles. The summed E-state index contributed by atoms with van der Waals surface area (Å²) in [6, 6.07) is 7.66. The van der Waals surface area contributed by atoms with E-state index in [9.17, 15) is 0 Å². The van der Waals surface area contributed by atoms with Crippen molar-refractivity contribution < 1.29 is 0 Å². The van der Waals surface area contributed by atoms with Crippen molar-refractivity contribution in [3.63, 3.8) is 0 Å². The third kappa shape index (κ3) is 2.40. The van der Waals surface area contributed by atoms with Crippen LogP contribution in [0, 0.1) is 6.92 Å². The second-order valence-electron chi connectivity index (χ2n) is 3.62. The number of nitrogens with two attached hydrogens (primary N) is 1. The number of halogens is 1. The van der Waals surface area contributed by atoms with E-state index >= 15 is 0 Å². The van der Waals surface area contributed by atoms with Gasteiger partial charge in [-0.1, -0.05) is 34.3 Å². The molecule has 0 saturated carbocycles. The number of rotatable bonds is 3. The summed E-state index contributed by atoms with van der Waals surface area (Å²) in [6.45, 7) is 1.92. The van der Waals surface area contributed by atoms with Crippen LogP contribution in [0.15, 0.2) is 24.3 Å². The lowest BCUT2D eigenvalue weighted by atomic mass is 10.0. The van der Waals surface area contributed by atoms with E-state index in [0.717, 1.165) is 21.2 Å². The van der Waals surface area contributed by atoms with Crippen molar-refractivity contribution in [2.75, 3.05) is 0 Å². The molecule has 84 valence electrons. The fourth-order valence-electron chi connectivity index (χ4n) is 1.57. The number of nitrogens with zero attached hydrogens (tertiary/aromatic N) is 2. The molecule has 0 saturated heterocycles. The van der Waals surface area contributed by atoms with Crippen LogP contribution < -0.4 is 5.73 Å². The number of hydrogen-bond acceptors (Lipinski definition) is 4. The van der Waals surface area contributed by atoms with Gasteiger partial charge in [-0.15, -0.1) is 5.10 Å². The molecule has 2 N–H and O–H groups in total. The fourth-order valence-corrected chi connectivity index (χ4v) is 2.43. The molecular weight excluding hydrogens is 242 g/mol. The van der Waals surface area contributed by atoms with Crippen molar-refractivity contribution in [3.05, 3.63) is 45.4 Å². The molecule has 1 atom stereocenters. The molecule has 0 spiro atoms. The maximum Gasteiger partial charge on any atom is 0.0772 e. The first kappa shape index (κ1) is 11.5. The molecule has 0 radical (unpaired) electrons. The van der Waals surface area contributed by atoms with Gasteiger partial charge in [0.05, 0.1) is 10.6 Å².